The fourth-order valence-electron chi connectivity index (χ4n) is 1.92. The first-order valence-electron chi connectivity index (χ1n) is 5.07. The number of benzene rings is 2. The van der Waals surface area contributed by atoms with Crippen LogP contribution < -0.4 is 0 Å². The summed E-state index contributed by atoms with van der Waals surface area (Å²) in [6, 6.07) is 17.2. The fraction of sp³-hybridized carbons (Fsp3) is 0. The molecule has 0 unspecified atom stereocenters. The molecule has 0 aliphatic heterocycles. The molecule has 0 nitrogen and oxygen atoms in total. The molecule has 2 heteroatoms. The number of fused-ring (bicyclic) bond motifs is 1. The predicted octanol–water partition coefficient (Wildman–Crippen LogP) is 5.17. The Labute approximate surface area is 112 Å². The molecule has 0 atom stereocenters. The zero-order valence-electron chi connectivity index (χ0n) is 8.48. The molecular formula is C14H9IS. The second-order valence-corrected chi connectivity index (χ2v) is 5.73. The van der Waals surface area contributed by atoms with Gasteiger partial charge in [-0.15, -0.1) is 11.3 Å². The normalized spacial score (nSPS) is 10.8. The Morgan fingerprint density at radius 2 is 1.75 bits per heavy atom. The van der Waals surface area contributed by atoms with Gasteiger partial charge in [-0.05, 0) is 50.9 Å². The summed E-state index contributed by atoms with van der Waals surface area (Å²) in [5.41, 5.74) is 1.37. The number of rotatable bonds is 1. The molecule has 0 bridgehead atoms. The highest BCUT2D eigenvalue weighted by molar-refractivity contribution is 14.1. The van der Waals surface area contributed by atoms with E-state index in [4.69, 9.17) is 0 Å². The van der Waals surface area contributed by atoms with Crippen LogP contribution in [0.5, 0.6) is 0 Å². The Morgan fingerprint density at radius 3 is 2.56 bits per heavy atom. The summed E-state index contributed by atoms with van der Waals surface area (Å²) >= 11 is 4.22. The van der Waals surface area contributed by atoms with Crippen LogP contribution in [0, 0.1) is 3.57 Å². The van der Waals surface area contributed by atoms with Crippen molar-refractivity contribution in [3.63, 3.8) is 0 Å². The van der Waals surface area contributed by atoms with Gasteiger partial charge >= 0.3 is 0 Å². The minimum absolute atomic E-state index is 1.31. The second-order valence-electron chi connectivity index (χ2n) is 3.62. The molecule has 3 rings (SSSR count). The lowest BCUT2D eigenvalue weighted by molar-refractivity contribution is 1.69. The van der Waals surface area contributed by atoms with Gasteiger partial charge in [0.2, 0.25) is 0 Å². The molecular weight excluding hydrogens is 327 g/mol. The highest BCUT2D eigenvalue weighted by Gasteiger charge is 2.08. The third-order valence-electron chi connectivity index (χ3n) is 2.65. The van der Waals surface area contributed by atoms with E-state index in [1.807, 2.05) is 0 Å². The standard InChI is InChI=1S/C14H9IS/c15-12-8-7-10-4-1-2-5-11(10)14(12)13-6-3-9-16-13/h1-9H. The van der Waals surface area contributed by atoms with E-state index in [-0.39, 0.29) is 0 Å². The van der Waals surface area contributed by atoms with Crippen molar-refractivity contribution in [2.24, 2.45) is 0 Å². The maximum absolute atomic E-state index is 2.42. The monoisotopic (exact) mass is 336 g/mol. The molecule has 1 aromatic heterocycles. The van der Waals surface area contributed by atoms with Crippen molar-refractivity contribution in [3.05, 3.63) is 57.5 Å². The zero-order chi connectivity index (χ0) is 11.0. The van der Waals surface area contributed by atoms with Crippen LogP contribution in [-0.2, 0) is 0 Å². The van der Waals surface area contributed by atoms with Crippen molar-refractivity contribution in [2.75, 3.05) is 0 Å². The molecule has 0 saturated carbocycles. The van der Waals surface area contributed by atoms with Crippen LogP contribution in [0.1, 0.15) is 0 Å². The van der Waals surface area contributed by atoms with E-state index in [1.165, 1.54) is 24.8 Å². The van der Waals surface area contributed by atoms with Crippen molar-refractivity contribution >= 4 is 44.7 Å². The molecule has 3 aromatic rings. The van der Waals surface area contributed by atoms with E-state index >= 15 is 0 Å². The summed E-state index contributed by atoms with van der Waals surface area (Å²) in [4.78, 5) is 1.35. The van der Waals surface area contributed by atoms with E-state index in [2.05, 4.69) is 76.5 Å². The van der Waals surface area contributed by atoms with Gasteiger partial charge < -0.3 is 0 Å². The summed E-state index contributed by atoms with van der Waals surface area (Å²) < 4.78 is 1.32. The molecule has 0 aliphatic carbocycles. The van der Waals surface area contributed by atoms with Crippen LogP contribution in [0.4, 0.5) is 0 Å². The smallest absolute Gasteiger partial charge is 0.0359 e. The van der Waals surface area contributed by atoms with Crippen LogP contribution in [0.3, 0.4) is 0 Å². The average Bonchev–Trinajstić information content (AvgIpc) is 2.82. The van der Waals surface area contributed by atoms with Crippen molar-refractivity contribution in [3.8, 4) is 10.4 Å². The SMILES string of the molecule is Ic1ccc2ccccc2c1-c1cccs1. The van der Waals surface area contributed by atoms with Crippen LogP contribution in [0.25, 0.3) is 21.2 Å². The number of halogens is 1. The minimum Gasteiger partial charge on any atom is -0.144 e. The third-order valence-corrected chi connectivity index (χ3v) is 4.43. The highest BCUT2D eigenvalue weighted by atomic mass is 127. The summed E-state index contributed by atoms with van der Waals surface area (Å²) in [6.07, 6.45) is 0. The van der Waals surface area contributed by atoms with Crippen LogP contribution >= 0.6 is 33.9 Å². The molecule has 78 valence electrons. The third kappa shape index (κ3) is 1.66. The highest BCUT2D eigenvalue weighted by Crippen LogP contribution is 2.35. The first kappa shape index (κ1) is 10.3. The van der Waals surface area contributed by atoms with Crippen LogP contribution in [-0.4, -0.2) is 0 Å². The maximum atomic E-state index is 2.42. The molecule has 0 fully saturated rings. The van der Waals surface area contributed by atoms with Gasteiger partial charge in [-0.25, -0.2) is 0 Å². The first-order chi connectivity index (χ1) is 7.86. The van der Waals surface area contributed by atoms with Crippen molar-refractivity contribution < 1.29 is 0 Å². The molecule has 2 aromatic carbocycles. The van der Waals surface area contributed by atoms with Crippen molar-refractivity contribution in [1.29, 1.82) is 0 Å². The van der Waals surface area contributed by atoms with Crippen molar-refractivity contribution in [1.82, 2.24) is 0 Å². The fourth-order valence-corrected chi connectivity index (χ4v) is 3.66. The van der Waals surface area contributed by atoms with E-state index in [0.717, 1.165) is 0 Å². The first-order valence-corrected chi connectivity index (χ1v) is 7.03. The molecule has 0 N–H and O–H groups in total. The molecule has 0 amide bonds. The minimum atomic E-state index is 1.31. The lowest BCUT2D eigenvalue weighted by atomic mass is 10.0. The largest absolute Gasteiger partial charge is 0.144 e. The van der Waals surface area contributed by atoms with Gasteiger partial charge in [0.25, 0.3) is 0 Å². The Bertz CT molecular complexity index is 626. The van der Waals surface area contributed by atoms with Gasteiger partial charge in [0.05, 0.1) is 0 Å². The van der Waals surface area contributed by atoms with Gasteiger partial charge in [-0.3, -0.25) is 0 Å². The Balaban J connectivity index is 2.42. The van der Waals surface area contributed by atoms with Gasteiger partial charge in [0.15, 0.2) is 0 Å². The molecule has 0 saturated heterocycles. The summed E-state index contributed by atoms with van der Waals surface area (Å²) in [6.45, 7) is 0. The average molecular weight is 336 g/mol. The van der Waals surface area contributed by atoms with Gasteiger partial charge in [-0.2, -0.15) is 0 Å². The Hall–Kier alpha value is -0.870. The van der Waals surface area contributed by atoms with E-state index < -0.39 is 0 Å². The lowest BCUT2D eigenvalue weighted by Gasteiger charge is -2.07. The number of thiophene rings is 1. The maximum Gasteiger partial charge on any atom is 0.0359 e. The Morgan fingerprint density at radius 1 is 0.875 bits per heavy atom. The summed E-state index contributed by atoms with van der Waals surface area (Å²) in [5.74, 6) is 0. The van der Waals surface area contributed by atoms with Crippen LogP contribution in [0.2, 0.25) is 0 Å². The quantitative estimate of drug-likeness (QED) is 0.538. The van der Waals surface area contributed by atoms with E-state index in [9.17, 15) is 0 Å². The van der Waals surface area contributed by atoms with Gasteiger partial charge in [0, 0.05) is 14.0 Å². The number of hydrogen-bond donors (Lipinski definition) is 0. The van der Waals surface area contributed by atoms with Gasteiger partial charge in [0.1, 0.15) is 0 Å². The topological polar surface area (TPSA) is 0 Å². The van der Waals surface area contributed by atoms with E-state index in [0.29, 0.717) is 0 Å². The molecule has 0 radical (unpaired) electrons. The Kier molecular flexibility index (Phi) is 2.69. The lowest BCUT2D eigenvalue weighted by Crippen LogP contribution is -1.82. The molecule has 0 spiro atoms. The zero-order valence-corrected chi connectivity index (χ0v) is 11.5. The molecule has 16 heavy (non-hydrogen) atoms. The van der Waals surface area contributed by atoms with E-state index in [1.54, 1.807) is 11.3 Å². The second kappa shape index (κ2) is 4.18. The number of hydrogen-bond acceptors (Lipinski definition) is 1. The van der Waals surface area contributed by atoms with Crippen LogP contribution in [0.15, 0.2) is 53.9 Å². The van der Waals surface area contributed by atoms with Crippen molar-refractivity contribution in [2.45, 2.75) is 0 Å². The summed E-state index contributed by atoms with van der Waals surface area (Å²) in [5, 5.41) is 4.79. The predicted molar refractivity (Wildman–Crippen MR) is 80.0 cm³/mol. The molecule has 0 aliphatic rings. The summed E-state index contributed by atoms with van der Waals surface area (Å²) in [7, 11) is 0. The van der Waals surface area contributed by atoms with Gasteiger partial charge in [-0.1, -0.05) is 36.4 Å². The molecule has 1 heterocycles.